The molecule has 0 aliphatic heterocycles. The Morgan fingerprint density at radius 2 is 1.63 bits per heavy atom. The quantitative estimate of drug-likeness (QED) is 0.0895. The molecule has 0 saturated carbocycles. The standard InChI is InChI=1S/C35H34Cl2F3NO5/c1-20(2)17-41(18-21(3)4)19-27-29(45-30(42)15-8-23-6-9-24(36)10-7-23)14-12-26-31(43)33(34(35(38,39)40)46-32(26)27)44-25-11-13-28(37)22(5)16-25/h6-16,20-21H,17-19H2,1-5H3/b15-8+. The Morgan fingerprint density at radius 3 is 2.22 bits per heavy atom. The van der Waals surface area contributed by atoms with Crippen molar-refractivity contribution in [2.24, 2.45) is 11.8 Å². The highest BCUT2D eigenvalue weighted by Gasteiger charge is 2.41. The summed E-state index contributed by atoms with van der Waals surface area (Å²) in [6.45, 7) is 11.0. The maximum atomic E-state index is 14.5. The van der Waals surface area contributed by atoms with Crippen molar-refractivity contribution in [3.8, 4) is 17.2 Å². The summed E-state index contributed by atoms with van der Waals surface area (Å²) in [5.74, 6) is -3.02. The molecule has 0 radical (unpaired) electrons. The molecule has 244 valence electrons. The summed E-state index contributed by atoms with van der Waals surface area (Å²) in [4.78, 5) is 28.7. The third-order valence-electron chi connectivity index (χ3n) is 6.81. The zero-order valence-electron chi connectivity index (χ0n) is 26.0. The Morgan fingerprint density at radius 1 is 0.978 bits per heavy atom. The molecule has 46 heavy (non-hydrogen) atoms. The molecule has 0 N–H and O–H groups in total. The molecule has 6 nitrogen and oxygen atoms in total. The van der Waals surface area contributed by atoms with Crippen LogP contribution in [-0.4, -0.2) is 24.0 Å². The summed E-state index contributed by atoms with van der Waals surface area (Å²) in [5, 5.41) is 0.759. The van der Waals surface area contributed by atoms with Crippen LogP contribution in [-0.2, 0) is 17.5 Å². The number of carbonyl (C=O) groups excluding carboxylic acids is 1. The Hall–Kier alpha value is -3.79. The summed E-state index contributed by atoms with van der Waals surface area (Å²) in [7, 11) is 0. The van der Waals surface area contributed by atoms with Gasteiger partial charge in [0.05, 0.1) is 10.9 Å². The van der Waals surface area contributed by atoms with Crippen molar-refractivity contribution >= 4 is 46.2 Å². The summed E-state index contributed by atoms with van der Waals surface area (Å²) in [5.41, 5.74) is -0.0105. The molecule has 0 bridgehead atoms. The molecule has 11 heteroatoms. The van der Waals surface area contributed by atoms with Gasteiger partial charge < -0.3 is 13.9 Å². The number of aryl methyl sites for hydroxylation is 1. The van der Waals surface area contributed by atoms with Crippen molar-refractivity contribution in [2.75, 3.05) is 13.1 Å². The normalized spacial score (nSPS) is 12.2. The lowest BCUT2D eigenvalue weighted by Gasteiger charge is -2.27. The fraction of sp³-hybridized carbons (Fsp3) is 0.314. The number of hydrogen-bond acceptors (Lipinski definition) is 6. The fourth-order valence-electron chi connectivity index (χ4n) is 4.94. The minimum atomic E-state index is -5.09. The van der Waals surface area contributed by atoms with Gasteiger partial charge in [-0.15, -0.1) is 0 Å². The van der Waals surface area contributed by atoms with Crippen LogP contribution in [0.2, 0.25) is 10.0 Å². The van der Waals surface area contributed by atoms with Gasteiger partial charge in [-0.1, -0.05) is 63.0 Å². The van der Waals surface area contributed by atoms with E-state index in [0.29, 0.717) is 34.3 Å². The second-order valence-electron chi connectivity index (χ2n) is 11.8. The molecule has 4 aromatic rings. The third kappa shape index (κ3) is 8.93. The van der Waals surface area contributed by atoms with Crippen molar-refractivity contribution in [1.82, 2.24) is 4.90 Å². The maximum Gasteiger partial charge on any atom is 0.453 e. The van der Waals surface area contributed by atoms with E-state index < -0.39 is 29.1 Å². The van der Waals surface area contributed by atoms with Crippen LogP contribution >= 0.6 is 23.2 Å². The van der Waals surface area contributed by atoms with Crippen molar-refractivity contribution in [1.29, 1.82) is 0 Å². The number of alkyl halides is 3. The molecular formula is C35H34Cl2F3NO5. The van der Waals surface area contributed by atoms with Gasteiger partial charge in [0, 0.05) is 35.8 Å². The predicted octanol–water partition coefficient (Wildman–Crippen LogP) is 9.95. The molecule has 0 spiro atoms. The molecular weight excluding hydrogens is 642 g/mol. The topological polar surface area (TPSA) is 69.0 Å². The molecule has 3 aromatic carbocycles. The monoisotopic (exact) mass is 675 g/mol. The highest BCUT2D eigenvalue weighted by Crippen LogP contribution is 2.41. The number of nitrogens with zero attached hydrogens (tertiary/aromatic N) is 1. The first-order valence-electron chi connectivity index (χ1n) is 14.6. The number of ether oxygens (including phenoxy) is 2. The average Bonchev–Trinajstić information content (AvgIpc) is 2.96. The molecule has 1 aromatic heterocycles. The third-order valence-corrected chi connectivity index (χ3v) is 7.48. The van der Waals surface area contributed by atoms with E-state index in [1.54, 1.807) is 31.2 Å². The van der Waals surface area contributed by atoms with Gasteiger partial charge >= 0.3 is 12.1 Å². The van der Waals surface area contributed by atoms with Gasteiger partial charge in [0.1, 0.15) is 17.1 Å². The van der Waals surface area contributed by atoms with E-state index in [9.17, 15) is 22.8 Å². The van der Waals surface area contributed by atoms with E-state index in [1.165, 1.54) is 42.5 Å². The van der Waals surface area contributed by atoms with E-state index in [-0.39, 0.29) is 46.4 Å². The lowest BCUT2D eigenvalue weighted by molar-refractivity contribution is -0.154. The molecule has 1 heterocycles. The van der Waals surface area contributed by atoms with Crippen molar-refractivity contribution in [3.05, 3.63) is 103 Å². The van der Waals surface area contributed by atoms with Crippen molar-refractivity contribution in [2.45, 2.75) is 47.3 Å². The van der Waals surface area contributed by atoms with Gasteiger partial charge in [-0.3, -0.25) is 9.69 Å². The molecule has 0 saturated heterocycles. The molecule has 0 amide bonds. The van der Waals surface area contributed by atoms with Gasteiger partial charge in [-0.2, -0.15) is 13.2 Å². The van der Waals surface area contributed by atoms with Gasteiger partial charge in [0.25, 0.3) is 5.76 Å². The zero-order valence-corrected chi connectivity index (χ0v) is 27.5. The highest BCUT2D eigenvalue weighted by molar-refractivity contribution is 6.31. The number of halogens is 5. The highest BCUT2D eigenvalue weighted by atomic mass is 35.5. The van der Waals surface area contributed by atoms with Gasteiger partial charge in [0.15, 0.2) is 0 Å². The van der Waals surface area contributed by atoms with Crippen LogP contribution in [0, 0.1) is 18.8 Å². The summed E-state index contributed by atoms with van der Waals surface area (Å²) >= 11 is 12.0. The van der Waals surface area contributed by atoms with Crippen LogP contribution < -0.4 is 14.9 Å². The van der Waals surface area contributed by atoms with Crippen molar-refractivity contribution < 1.29 is 31.9 Å². The number of esters is 1. The van der Waals surface area contributed by atoms with Crippen LogP contribution in [0.15, 0.2) is 69.9 Å². The van der Waals surface area contributed by atoms with Crippen LogP contribution in [0.5, 0.6) is 17.2 Å². The van der Waals surface area contributed by atoms with E-state index >= 15 is 0 Å². The molecule has 0 atom stereocenters. The number of hydrogen-bond donors (Lipinski definition) is 0. The van der Waals surface area contributed by atoms with E-state index in [1.807, 2.05) is 32.6 Å². The number of carbonyl (C=O) groups is 1. The minimum Gasteiger partial charge on any atom is -0.449 e. The summed E-state index contributed by atoms with van der Waals surface area (Å²) < 4.78 is 60.2. The second kappa shape index (κ2) is 14.8. The molecule has 4 rings (SSSR count). The lowest BCUT2D eigenvalue weighted by Crippen LogP contribution is -2.31. The van der Waals surface area contributed by atoms with Crippen LogP contribution in [0.1, 0.15) is 50.1 Å². The number of rotatable bonds is 11. The van der Waals surface area contributed by atoms with Crippen molar-refractivity contribution in [3.63, 3.8) is 0 Å². The molecule has 0 aliphatic rings. The van der Waals surface area contributed by atoms with Gasteiger partial charge in [-0.25, -0.2) is 4.79 Å². The van der Waals surface area contributed by atoms with Gasteiger partial charge in [-0.05, 0) is 78.4 Å². The van der Waals surface area contributed by atoms with Crippen LogP contribution in [0.4, 0.5) is 13.2 Å². The number of fused-ring (bicyclic) bond motifs is 1. The van der Waals surface area contributed by atoms with E-state index in [2.05, 4.69) is 0 Å². The average molecular weight is 677 g/mol. The zero-order chi connectivity index (χ0) is 33.8. The Balaban J connectivity index is 1.87. The van der Waals surface area contributed by atoms with E-state index in [0.717, 1.165) is 0 Å². The Bertz CT molecular complexity index is 1790. The first kappa shape index (κ1) is 35.1. The molecule has 0 fully saturated rings. The van der Waals surface area contributed by atoms with Crippen LogP contribution in [0.3, 0.4) is 0 Å². The summed E-state index contributed by atoms with van der Waals surface area (Å²) in [6, 6.07) is 13.6. The number of benzene rings is 3. The Kier molecular flexibility index (Phi) is 11.2. The first-order valence-corrected chi connectivity index (χ1v) is 15.4. The predicted molar refractivity (Wildman–Crippen MR) is 175 cm³/mol. The molecule has 0 aliphatic carbocycles. The lowest BCUT2D eigenvalue weighted by atomic mass is 10.1. The SMILES string of the molecule is Cc1cc(Oc2c(C(F)(F)F)oc3c(CN(CC(C)C)CC(C)C)c(OC(=O)/C=C/c4ccc(Cl)cc4)ccc3c2=O)ccc1Cl. The van der Waals surface area contributed by atoms with Crippen LogP contribution in [0.25, 0.3) is 17.0 Å². The minimum absolute atomic E-state index is 0.0164. The first-order chi connectivity index (χ1) is 21.6. The summed E-state index contributed by atoms with van der Waals surface area (Å²) in [6.07, 6.45) is -2.38. The van der Waals surface area contributed by atoms with E-state index in [4.69, 9.17) is 37.1 Å². The van der Waals surface area contributed by atoms with Gasteiger partial charge in [0.2, 0.25) is 11.2 Å². The molecule has 0 unspecified atom stereocenters. The Labute approximate surface area is 275 Å². The smallest absolute Gasteiger partial charge is 0.449 e. The fourth-order valence-corrected chi connectivity index (χ4v) is 5.19. The maximum absolute atomic E-state index is 14.5. The largest absolute Gasteiger partial charge is 0.453 e. The second-order valence-corrected chi connectivity index (χ2v) is 12.7.